The van der Waals surface area contributed by atoms with Gasteiger partial charge in [0.25, 0.3) is 0 Å². The molecule has 0 aromatic rings. The van der Waals surface area contributed by atoms with E-state index in [-0.39, 0.29) is 0 Å². The Labute approximate surface area is 54.6 Å². The van der Waals surface area contributed by atoms with Crippen molar-refractivity contribution in [2.45, 2.75) is 18.5 Å². The summed E-state index contributed by atoms with van der Waals surface area (Å²) in [7, 11) is 0. The molecule has 0 radical (unpaired) electrons. The second kappa shape index (κ2) is 2.62. The lowest BCUT2D eigenvalue weighted by Crippen LogP contribution is -2.28. The fourth-order valence-electron chi connectivity index (χ4n) is 1.19. The minimum atomic E-state index is -0.991. The van der Waals surface area contributed by atoms with E-state index in [0.717, 1.165) is 6.54 Å². The molecule has 1 rings (SSSR count). The molecule has 0 aromatic heterocycles. The smallest absolute Gasteiger partial charge is 0.125 e. The Morgan fingerprint density at radius 1 is 1.67 bits per heavy atom. The molecular formula is C6H13FN2. The van der Waals surface area contributed by atoms with Crippen LogP contribution in [0, 0.1) is 0 Å². The lowest BCUT2D eigenvalue weighted by Gasteiger charge is -2.15. The molecule has 1 fully saturated rings. The molecular weight excluding hydrogens is 119 g/mol. The van der Waals surface area contributed by atoms with E-state index in [1.54, 1.807) is 0 Å². The third kappa shape index (κ3) is 1.63. The Morgan fingerprint density at radius 3 is 2.89 bits per heavy atom. The van der Waals surface area contributed by atoms with Crippen molar-refractivity contribution in [3.63, 3.8) is 0 Å². The van der Waals surface area contributed by atoms with Gasteiger partial charge >= 0.3 is 0 Å². The van der Waals surface area contributed by atoms with Gasteiger partial charge in [-0.1, -0.05) is 0 Å². The van der Waals surface area contributed by atoms with Gasteiger partial charge in [-0.05, 0) is 25.9 Å². The molecule has 1 aliphatic rings. The fraction of sp³-hybridized carbons (Fsp3) is 1.00. The maximum absolute atomic E-state index is 13.2. The lowest BCUT2D eigenvalue weighted by atomic mass is 10.0. The van der Waals surface area contributed by atoms with Gasteiger partial charge in [0.05, 0.1) is 0 Å². The van der Waals surface area contributed by atoms with Crippen molar-refractivity contribution in [3.05, 3.63) is 0 Å². The van der Waals surface area contributed by atoms with Crippen LogP contribution < -0.4 is 11.1 Å². The maximum Gasteiger partial charge on any atom is 0.125 e. The summed E-state index contributed by atoms with van der Waals surface area (Å²) in [6.07, 6.45) is 1.13. The first kappa shape index (κ1) is 6.96. The molecule has 9 heavy (non-hydrogen) atoms. The van der Waals surface area contributed by atoms with Gasteiger partial charge in [0, 0.05) is 6.54 Å². The van der Waals surface area contributed by atoms with Gasteiger partial charge in [0.1, 0.15) is 5.67 Å². The molecule has 1 saturated heterocycles. The zero-order valence-corrected chi connectivity index (χ0v) is 5.49. The summed E-state index contributed by atoms with van der Waals surface area (Å²) >= 11 is 0. The average molecular weight is 132 g/mol. The normalized spacial score (nSPS) is 35.3. The number of halogens is 1. The molecule has 0 amide bonds. The number of hydrogen-bond acceptors (Lipinski definition) is 2. The van der Waals surface area contributed by atoms with Gasteiger partial charge in [0.15, 0.2) is 0 Å². The van der Waals surface area contributed by atoms with Crippen LogP contribution in [0.1, 0.15) is 12.8 Å². The molecule has 0 saturated carbocycles. The molecule has 1 heterocycles. The molecule has 0 spiro atoms. The highest BCUT2D eigenvalue weighted by molar-refractivity contribution is 4.88. The first-order valence-corrected chi connectivity index (χ1v) is 3.36. The number of nitrogens with one attached hydrogen (secondary N) is 1. The van der Waals surface area contributed by atoms with E-state index < -0.39 is 5.67 Å². The third-order valence-electron chi connectivity index (χ3n) is 1.78. The van der Waals surface area contributed by atoms with Crippen LogP contribution in [0.25, 0.3) is 0 Å². The van der Waals surface area contributed by atoms with Crippen LogP contribution in [0.15, 0.2) is 0 Å². The Kier molecular flexibility index (Phi) is 2.03. The van der Waals surface area contributed by atoms with Crippen molar-refractivity contribution in [2.75, 3.05) is 19.6 Å². The molecule has 0 aromatic carbocycles. The highest BCUT2D eigenvalue weighted by Crippen LogP contribution is 2.22. The fourth-order valence-corrected chi connectivity index (χ4v) is 1.19. The molecule has 2 nitrogen and oxygen atoms in total. The molecule has 3 heteroatoms. The number of rotatable bonds is 2. The van der Waals surface area contributed by atoms with Gasteiger partial charge in [-0.25, -0.2) is 4.39 Å². The first-order chi connectivity index (χ1) is 4.27. The number of hydrogen-bond donors (Lipinski definition) is 2. The molecule has 1 atom stereocenters. The van der Waals surface area contributed by atoms with Gasteiger partial charge < -0.3 is 11.1 Å². The minimum Gasteiger partial charge on any atom is -0.330 e. The Hall–Kier alpha value is -0.150. The summed E-state index contributed by atoms with van der Waals surface area (Å²) in [4.78, 5) is 0. The lowest BCUT2D eigenvalue weighted by molar-refractivity contribution is 0.180. The highest BCUT2D eigenvalue weighted by Gasteiger charge is 2.32. The van der Waals surface area contributed by atoms with Crippen molar-refractivity contribution in [2.24, 2.45) is 5.73 Å². The molecule has 0 aliphatic carbocycles. The second-order valence-corrected chi connectivity index (χ2v) is 2.62. The van der Waals surface area contributed by atoms with E-state index in [4.69, 9.17) is 5.73 Å². The molecule has 54 valence electrons. The Bertz CT molecular complexity index is 89.1. The minimum absolute atomic E-state index is 0.457. The van der Waals surface area contributed by atoms with E-state index in [2.05, 4.69) is 5.32 Å². The van der Waals surface area contributed by atoms with E-state index >= 15 is 0 Å². The summed E-state index contributed by atoms with van der Waals surface area (Å²) in [5, 5.41) is 2.97. The van der Waals surface area contributed by atoms with Crippen molar-refractivity contribution in [3.8, 4) is 0 Å². The second-order valence-electron chi connectivity index (χ2n) is 2.62. The van der Waals surface area contributed by atoms with Crippen LogP contribution in [-0.4, -0.2) is 25.3 Å². The van der Waals surface area contributed by atoms with E-state index in [0.29, 0.717) is 25.9 Å². The summed E-state index contributed by atoms with van der Waals surface area (Å²) in [5.41, 5.74) is 4.23. The first-order valence-electron chi connectivity index (χ1n) is 3.36. The average Bonchev–Trinajstić information content (AvgIpc) is 2.16. The van der Waals surface area contributed by atoms with E-state index in [1.165, 1.54) is 0 Å². The zero-order chi connectivity index (χ0) is 6.74. The third-order valence-corrected chi connectivity index (χ3v) is 1.78. The van der Waals surface area contributed by atoms with Crippen molar-refractivity contribution < 1.29 is 4.39 Å². The van der Waals surface area contributed by atoms with E-state index in [1.807, 2.05) is 0 Å². The summed E-state index contributed by atoms with van der Waals surface area (Å²) in [5.74, 6) is 0. The van der Waals surface area contributed by atoms with Crippen molar-refractivity contribution in [1.29, 1.82) is 0 Å². The van der Waals surface area contributed by atoms with Crippen LogP contribution in [0.2, 0.25) is 0 Å². The van der Waals surface area contributed by atoms with Crippen LogP contribution in [0.3, 0.4) is 0 Å². The van der Waals surface area contributed by atoms with Gasteiger partial charge in [-0.3, -0.25) is 0 Å². The SMILES string of the molecule is NCCC1(F)CCNC1. The quantitative estimate of drug-likeness (QED) is 0.556. The topological polar surface area (TPSA) is 38.0 Å². The predicted octanol–water partition coefficient (Wildman–Crippen LogP) is 0.0368. The Morgan fingerprint density at radius 2 is 2.44 bits per heavy atom. The standard InChI is InChI=1S/C6H13FN2/c7-6(1-3-8)2-4-9-5-6/h9H,1-5,8H2. The van der Waals surface area contributed by atoms with Crippen LogP contribution >= 0.6 is 0 Å². The summed E-state index contributed by atoms with van der Waals surface area (Å²) in [6, 6.07) is 0. The number of nitrogens with two attached hydrogens (primary N) is 1. The van der Waals surface area contributed by atoms with Crippen molar-refractivity contribution >= 4 is 0 Å². The van der Waals surface area contributed by atoms with Gasteiger partial charge in [-0.15, -0.1) is 0 Å². The monoisotopic (exact) mass is 132 g/mol. The highest BCUT2D eigenvalue weighted by atomic mass is 19.1. The zero-order valence-electron chi connectivity index (χ0n) is 5.49. The molecule has 1 aliphatic heterocycles. The summed E-state index contributed by atoms with van der Waals surface area (Å²) in [6.45, 7) is 1.75. The van der Waals surface area contributed by atoms with Crippen LogP contribution in [-0.2, 0) is 0 Å². The molecule has 3 N–H and O–H groups in total. The van der Waals surface area contributed by atoms with Gasteiger partial charge in [0.2, 0.25) is 0 Å². The Balaban J connectivity index is 2.32. The van der Waals surface area contributed by atoms with Crippen molar-refractivity contribution in [1.82, 2.24) is 5.32 Å². The molecule has 0 bridgehead atoms. The van der Waals surface area contributed by atoms with Crippen LogP contribution in [0.4, 0.5) is 4.39 Å². The van der Waals surface area contributed by atoms with Gasteiger partial charge in [-0.2, -0.15) is 0 Å². The largest absolute Gasteiger partial charge is 0.330 e. The maximum atomic E-state index is 13.2. The number of alkyl halides is 1. The van der Waals surface area contributed by atoms with Crippen LogP contribution in [0.5, 0.6) is 0 Å². The van der Waals surface area contributed by atoms with E-state index in [9.17, 15) is 4.39 Å². The molecule has 1 unspecified atom stereocenters. The predicted molar refractivity (Wildman–Crippen MR) is 35.0 cm³/mol. The summed E-state index contributed by atoms with van der Waals surface area (Å²) < 4.78 is 13.2.